The number of hydrogen-bond acceptors (Lipinski definition) is 4. The molecule has 0 radical (unpaired) electrons. The number of piperidine rings is 1. The van der Waals surface area contributed by atoms with Crippen LogP contribution in [0.4, 0.5) is 5.82 Å². The Hall–Kier alpha value is -1.13. The minimum absolute atomic E-state index is 0.408. The number of anilines is 1. The van der Waals surface area contributed by atoms with Crippen molar-refractivity contribution in [1.29, 1.82) is 0 Å². The smallest absolute Gasteiger partial charge is 0.131 e. The van der Waals surface area contributed by atoms with Gasteiger partial charge in [-0.3, -0.25) is 0 Å². The maximum Gasteiger partial charge on any atom is 0.131 e. The van der Waals surface area contributed by atoms with E-state index >= 15 is 0 Å². The highest BCUT2D eigenvalue weighted by atomic mass is 16.3. The Kier molecular flexibility index (Phi) is 4.18. The molecular formula is C17H27N3O. The Balaban J connectivity index is 1.76. The van der Waals surface area contributed by atoms with Crippen LogP contribution in [-0.2, 0) is 6.54 Å². The van der Waals surface area contributed by atoms with Crippen molar-refractivity contribution >= 4 is 5.82 Å². The molecule has 0 spiro atoms. The molecule has 4 nitrogen and oxygen atoms in total. The lowest BCUT2D eigenvalue weighted by atomic mass is 9.71. The van der Waals surface area contributed by atoms with Crippen molar-refractivity contribution in [1.82, 2.24) is 10.3 Å². The van der Waals surface area contributed by atoms with E-state index in [4.69, 9.17) is 0 Å². The Morgan fingerprint density at radius 1 is 1.43 bits per heavy atom. The largest absolute Gasteiger partial charge is 0.389 e. The molecule has 0 bridgehead atoms. The maximum atomic E-state index is 10.8. The molecule has 21 heavy (non-hydrogen) atoms. The standard InChI is InChI=1S/C17H27N3O/c1-13-9-14(10-18-2)11-19-16(13)20-8-7-17(21)6-4-3-5-15(17)12-20/h9,11,15,18,21H,3-8,10,12H2,1-2H3. The molecule has 0 aromatic carbocycles. The highest BCUT2D eigenvalue weighted by Gasteiger charge is 2.43. The summed E-state index contributed by atoms with van der Waals surface area (Å²) >= 11 is 0. The van der Waals surface area contributed by atoms with E-state index in [0.717, 1.165) is 44.7 Å². The normalized spacial score (nSPS) is 29.3. The van der Waals surface area contributed by atoms with Gasteiger partial charge in [-0.25, -0.2) is 4.98 Å². The molecule has 3 rings (SSSR count). The van der Waals surface area contributed by atoms with Gasteiger partial charge in [0, 0.05) is 31.7 Å². The summed E-state index contributed by atoms with van der Waals surface area (Å²) in [5.74, 6) is 1.51. The first-order chi connectivity index (χ1) is 10.1. The number of fused-ring (bicyclic) bond motifs is 1. The van der Waals surface area contributed by atoms with E-state index in [1.165, 1.54) is 24.0 Å². The Morgan fingerprint density at radius 3 is 3.05 bits per heavy atom. The van der Waals surface area contributed by atoms with Gasteiger partial charge in [-0.1, -0.05) is 12.8 Å². The van der Waals surface area contributed by atoms with Crippen LogP contribution < -0.4 is 10.2 Å². The summed E-state index contributed by atoms with van der Waals surface area (Å²) in [5.41, 5.74) is 2.06. The van der Waals surface area contributed by atoms with E-state index in [9.17, 15) is 5.11 Å². The molecule has 2 heterocycles. The second-order valence-electron chi connectivity index (χ2n) is 6.76. The molecule has 1 aromatic heterocycles. The van der Waals surface area contributed by atoms with E-state index in [0.29, 0.717) is 5.92 Å². The van der Waals surface area contributed by atoms with Gasteiger partial charge in [0.15, 0.2) is 0 Å². The zero-order valence-corrected chi connectivity index (χ0v) is 13.2. The molecule has 1 saturated carbocycles. The quantitative estimate of drug-likeness (QED) is 0.896. The lowest BCUT2D eigenvalue weighted by Gasteiger charge is -2.48. The van der Waals surface area contributed by atoms with E-state index in [2.05, 4.69) is 28.2 Å². The maximum absolute atomic E-state index is 10.8. The Bertz CT molecular complexity index is 505. The van der Waals surface area contributed by atoms with Crippen molar-refractivity contribution in [3.63, 3.8) is 0 Å². The number of nitrogens with zero attached hydrogens (tertiary/aromatic N) is 2. The summed E-state index contributed by atoms with van der Waals surface area (Å²) in [6.45, 7) is 4.88. The van der Waals surface area contributed by atoms with Gasteiger partial charge in [-0.2, -0.15) is 0 Å². The molecule has 2 unspecified atom stereocenters. The van der Waals surface area contributed by atoms with Gasteiger partial charge in [0.2, 0.25) is 0 Å². The van der Waals surface area contributed by atoms with Crippen LogP contribution in [0.1, 0.15) is 43.2 Å². The first kappa shape index (κ1) is 14.8. The minimum Gasteiger partial charge on any atom is -0.389 e. The van der Waals surface area contributed by atoms with Crippen LogP contribution in [0.2, 0.25) is 0 Å². The van der Waals surface area contributed by atoms with E-state index < -0.39 is 5.60 Å². The molecule has 4 heteroatoms. The monoisotopic (exact) mass is 289 g/mol. The third-order valence-corrected chi connectivity index (χ3v) is 5.22. The number of aryl methyl sites for hydroxylation is 1. The van der Waals surface area contributed by atoms with E-state index in [-0.39, 0.29) is 0 Å². The van der Waals surface area contributed by atoms with Crippen LogP contribution >= 0.6 is 0 Å². The van der Waals surface area contributed by atoms with Crippen LogP contribution in [0.15, 0.2) is 12.3 Å². The Labute approximate surface area is 127 Å². The summed E-state index contributed by atoms with van der Waals surface area (Å²) in [4.78, 5) is 7.06. The van der Waals surface area contributed by atoms with Crippen molar-refractivity contribution in [3.8, 4) is 0 Å². The van der Waals surface area contributed by atoms with Gasteiger partial charge in [-0.15, -0.1) is 0 Å². The number of hydrogen-bond donors (Lipinski definition) is 2. The third kappa shape index (κ3) is 2.92. The molecule has 1 aliphatic carbocycles. The molecule has 2 aliphatic rings. The van der Waals surface area contributed by atoms with Crippen LogP contribution in [-0.4, -0.2) is 35.8 Å². The average Bonchev–Trinajstić information content (AvgIpc) is 2.47. The summed E-state index contributed by atoms with van der Waals surface area (Å²) < 4.78 is 0. The van der Waals surface area contributed by atoms with Crippen molar-refractivity contribution < 1.29 is 5.11 Å². The van der Waals surface area contributed by atoms with E-state index in [1.54, 1.807) is 0 Å². The molecule has 2 fully saturated rings. The molecule has 1 saturated heterocycles. The number of aliphatic hydroxyl groups is 1. The van der Waals surface area contributed by atoms with Crippen molar-refractivity contribution in [2.75, 3.05) is 25.0 Å². The highest BCUT2D eigenvalue weighted by molar-refractivity contribution is 5.48. The third-order valence-electron chi connectivity index (χ3n) is 5.22. The minimum atomic E-state index is -0.408. The summed E-state index contributed by atoms with van der Waals surface area (Å²) in [6, 6.07) is 2.22. The topological polar surface area (TPSA) is 48.4 Å². The summed E-state index contributed by atoms with van der Waals surface area (Å²) in [5, 5.41) is 13.9. The number of aromatic nitrogens is 1. The van der Waals surface area contributed by atoms with Gasteiger partial charge in [0.05, 0.1) is 5.60 Å². The fourth-order valence-electron chi connectivity index (χ4n) is 4.02. The zero-order chi connectivity index (χ0) is 14.9. The van der Waals surface area contributed by atoms with Crippen LogP contribution in [0.3, 0.4) is 0 Å². The van der Waals surface area contributed by atoms with Gasteiger partial charge in [0.25, 0.3) is 0 Å². The lowest BCUT2D eigenvalue weighted by molar-refractivity contribution is -0.0613. The first-order valence-electron chi connectivity index (χ1n) is 8.20. The lowest BCUT2D eigenvalue weighted by Crippen LogP contribution is -2.53. The molecule has 116 valence electrons. The van der Waals surface area contributed by atoms with Crippen LogP contribution in [0.5, 0.6) is 0 Å². The first-order valence-corrected chi connectivity index (χ1v) is 8.20. The summed E-state index contributed by atoms with van der Waals surface area (Å²) in [6.07, 6.45) is 7.44. The average molecular weight is 289 g/mol. The Morgan fingerprint density at radius 2 is 2.29 bits per heavy atom. The van der Waals surface area contributed by atoms with Crippen molar-refractivity contribution in [2.24, 2.45) is 5.92 Å². The fourth-order valence-corrected chi connectivity index (χ4v) is 4.02. The second kappa shape index (κ2) is 5.93. The fraction of sp³-hybridized carbons (Fsp3) is 0.706. The zero-order valence-electron chi connectivity index (χ0n) is 13.2. The molecule has 2 N–H and O–H groups in total. The predicted molar refractivity (Wildman–Crippen MR) is 85.5 cm³/mol. The molecule has 1 aromatic rings. The summed E-state index contributed by atoms with van der Waals surface area (Å²) in [7, 11) is 1.96. The predicted octanol–water partition coefficient (Wildman–Crippen LogP) is 2.24. The van der Waals surface area contributed by atoms with Gasteiger partial charge in [-0.05, 0) is 50.4 Å². The van der Waals surface area contributed by atoms with Crippen molar-refractivity contribution in [3.05, 3.63) is 23.4 Å². The van der Waals surface area contributed by atoms with Crippen molar-refractivity contribution in [2.45, 2.75) is 51.2 Å². The molecular weight excluding hydrogens is 262 g/mol. The number of pyridine rings is 1. The highest BCUT2D eigenvalue weighted by Crippen LogP contribution is 2.40. The van der Waals surface area contributed by atoms with Gasteiger partial charge < -0.3 is 15.3 Å². The number of nitrogens with one attached hydrogen (secondary N) is 1. The second-order valence-corrected chi connectivity index (χ2v) is 6.76. The van der Waals surface area contributed by atoms with Crippen LogP contribution in [0.25, 0.3) is 0 Å². The molecule has 2 atom stereocenters. The molecule has 1 aliphatic heterocycles. The number of rotatable bonds is 3. The van der Waals surface area contributed by atoms with Gasteiger partial charge in [0.1, 0.15) is 5.82 Å². The van der Waals surface area contributed by atoms with Crippen LogP contribution in [0, 0.1) is 12.8 Å². The molecule has 0 amide bonds. The SMILES string of the molecule is CNCc1cnc(N2CCC3(O)CCCCC3C2)c(C)c1. The van der Waals surface area contributed by atoms with Gasteiger partial charge >= 0.3 is 0 Å². The van der Waals surface area contributed by atoms with E-state index in [1.807, 2.05) is 13.2 Å².